The molecule has 19 heavy (non-hydrogen) atoms. The van der Waals surface area contributed by atoms with Crippen molar-refractivity contribution in [2.45, 2.75) is 18.7 Å². The quantitative estimate of drug-likeness (QED) is 0.772. The zero-order valence-electron chi connectivity index (χ0n) is 10.5. The molecule has 1 rings (SSSR count). The van der Waals surface area contributed by atoms with Crippen molar-refractivity contribution >= 4 is 38.1 Å². The maximum atomic E-state index is 12.0. The van der Waals surface area contributed by atoms with E-state index in [2.05, 4.69) is 4.72 Å². The first-order valence-corrected chi connectivity index (χ1v) is 9.30. The zero-order valence-corrected chi connectivity index (χ0v) is 13.0. The highest BCUT2D eigenvalue weighted by Crippen LogP contribution is 2.26. The second-order valence-corrected chi connectivity index (χ2v) is 8.16. The third kappa shape index (κ3) is 4.10. The summed E-state index contributed by atoms with van der Waals surface area (Å²) in [6.07, 6.45) is 0. The molecular formula is C10H15NO5S3. The minimum Gasteiger partial charge on any atom is -0.477 e. The predicted octanol–water partition coefficient (Wildman–Crippen LogP) is 0.802. The van der Waals surface area contributed by atoms with E-state index in [0.717, 1.165) is 11.3 Å². The first-order valence-electron chi connectivity index (χ1n) is 5.45. The van der Waals surface area contributed by atoms with Gasteiger partial charge in [-0.2, -0.15) is 0 Å². The van der Waals surface area contributed by atoms with E-state index in [1.54, 1.807) is 13.8 Å². The standard InChI is InChI=1S/C10H15NO5S3/c1-3-18(14)5-4-11-19(15,16)9-7(2)6-17-8(9)10(12)13/h6,11H,3-5H2,1-2H3,(H,12,13). The highest BCUT2D eigenvalue weighted by atomic mass is 32.2. The Morgan fingerprint density at radius 3 is 2.68 bits per heavy atom. The third-order valence-electron chi connectivity index (χ3n) is 2.32. The normalized spacial score (nSPS) is 13.4. The van der Waals surface area contributed by atoms with E-state index in [4.69, 9.17) is 5.11 Å². The first kappa shape index (κ1) is 16.3. The molecule has 1 unspecified atom stereocenters. The summed E-state index contributed by atoms with van der Waals surface area (Å²) < 4.78 is 37.6. The summed E-state index contributed by atoms with van der Waals surface area (Å²) >= 11 is 0.877. The minimum atomic E-state index is -3.88. The van der Waals surface area contributed by atoms with E-state index in [0.29, 0.717) is 11.3 Å². The Morgan fingerprint density at radius 1 is 1.53 bits per heavy atom. The minimum absolute atomic E-state index is 0.0249. The lowest BCUT2D eigenvalue weighted by atomic mass is 10.3. The van der Waals surface area contributed by atoms with E-state index in [1.807, 2.05) is 0 Å². The van der Waals surface area contributed by atoms with E-state index < -0.39 is 26.8 Å². The Balaban J connectivity index is 2.92. The van der Waals surface area contributed by atoms with Crippen molar-refractivity contribution in [1.29, 1.82) is 0 Å². The van der Waals surface area contributed by atoms with Gasteiger partial charge in [-0.25, -0.2) is 17.9 Å². The SMILES string of the molecule is CCS(=O)CCNS(=O)(=O)c1c(C)csc1C(=O)O. The molecular weight excluding hydrogens is 310 g/mol. The van der Waals surface area contributed by atoms with Gasteiger partial charge in [0.05, 0.1) is 0 Å². The molecule has 0 aliphatic rings. The highest BCUT2D eigenvalue weighted by Gasteiger charge is 2.26. The van der Waals surface area contributed by atoms with E-state index in [-0.39, 0.29) is 22.1 Å². The summed E-state index contributed by atoms with van der Waals surface area (Å²) in [5, 5.41) is 10.5. The topological polar surface area (TPSA) is 101 Å². The predicted molar refractivity (Wildman–Crippen MR) is 74.8 cm³/mol. The lowest BCUT2D eigenvalue weighted by Gasteiger charge is -2.07. The van der Waals surface area contributed by atoms with Crippen molar-refractivity contribution in [3.63, 3.8) is 0 Å². The Morgan fingerprint density at radius 2 is 2.16 bits per heavy atom. The number of carboxylic acids is 1. The van der Waals surface area contributed by atoms with Crippen LogP contribution in [-0.4, -0.2) is 41.8 Å². The molecule has 0 aliphatic heterocycles. The zero-order chi connectivity index (χ0) is 14.6. The molecule has 2 N–H and O–H groups in total. The van der Waals surface area contributed by atoms with Gasteiger partial charge < -0.3 is 5.11 Å². The number of carbonyl (C=O) groups is 1. The number of sulfonamides is 1. The van der Waals surface area contributed by atoms with Crippen LogP contribution in [-0.2, 0) is 20.8 Å². The summed E-state index contributed by atoms with van der Waals surface area (Å²) in [5.41, 5.74) is 0.395. The summed E-state index contributed by atoms with van der Waals surface area (Å²) in [6, 6.07) is 0. The maximum absolute atomic E-state index is 12.0. The van der Waals surface area contributed by atoms with Crippen molar-refractivity contribution in [3.05, 3.63) is 15.8 Å². The monoisotopic (exact) mass is 325 g/mol. The summed E-state index contributed by atoms with van der Waals surface area (Å²) in [4.78, 5) is 10.6. The maximum Gasteiger partial charge on any atom is 0.347 e. The van der Waals surface area contributed by atoms with Crippen molar-refractivity contribution in [2.24, 2.45) is 0 Å². The van der Waals surface area contributed by atoms with Crippen LogP contribution in [0.2, 0.25) is 0 Å². The van der Waals surface area contributed by atoms with Gasteiger partial charge in [0.1, 0.15) is 9.77 Å². The van der Waals surface area contributed by atoms with Gasteiger partial charge in [-0.15, -0.1) is 11.3 Å². The average Bonchev–Trinajstić information content (AvgIpc) is 2.71. The summed E-state index contributed by atoms with van der Waals surface area (Å²) in [6.45, 7) is 3.31. The molecule has 108 valence electrons. The molecule has 0 bridgehead atoms. The van der Waals surface area contributed by atoms with E-state index in [1.165, 1.54) is 5.38 Å². The van der Waals surface area contributed by atoms with Crippen LogP contribution in [0.1, 0.15) is 22.2 Å². The van der Waals surface area contributed by atoms with E-state index in [9.17, 15) is 17.4 Å². The molecule has 0 spiro atoms. The molecule has 1 heterocycles. The van der Waals surface area contributed by atoms with Gasteiger partial charge >= 0.3 is 5.97 Å². The van der Waals surface area contributed by atoms with Gasteiger partial charge in [0, 0.05) is 28.9 Å². The lowest BCUT2D eigenvalue weighted by Crippen LogP contribution is -2.29. The molecule has 0 amide bonds. The van der Waals surface area contributed by atoms with Gasteiger partial charge in [-0.05, 0) is 17.9 Å². The van der Waals surface area contributed by atoms with E-state index >= 15 is 0 Å². The third-order valence-corrected chi connectivity index (χ3v) is 6.49. The van der Waals surface area contributed by atoms with Crippen LogP contribution in [0.3, 0.4) is 0 Å². The fourth-order valence-electron chi connectivity index (χ4n) is 1.42. The van der Waals surface area contributed by atoms with Gasteiger partial charge in [0.15, 0.2) is 0 Å². The number of carboxylic acid groups (broad SMARTS) is 1. The van der Waals surface area contributed by atoms with Gasteiger partial charge in [-0.3, -0.25) is 4.21 Å². The Hall–Kier alpha value is -0.770. The molecule has 9 heteroatoms. The highest BCUT2D eigenvalue weighted by molar-refractivity contribution is 7.90. The molecule has 0 saturated carbocycles. The number of aryl methyl sites for hydroxylation is 1. The second kappa shape index (κ2) is 6.60. The Bertz CT molecular complexity index is 590. The first-order chi connectivity index (χ1) is 8.79. The van der Waals surface area contributed by atoms with Crippen LogP contribution < -0.4 is 4.72 Å². The fraction of sp³-hybridized carbons (Fsp3) is 0.500. The number of aromatic carboxylic acids is 1. The number of hydrogen-bond donors (Lipinski definition) is 2. The lowest BCUT2D eigenvalue weighted by molar-refractivity contribution is 0.0698. The summed E-state index contributed by atoms with van der Waals surface area (Å²) in [5.74, 6) is -0.600. The molecule has 0 aromatic carbocycles. The Kier molecular flexibility index (Phi) is 5.65. The van der Waals surface area contributed by atoms with Crippen LogP contribution in [0, 0.1) is 6.92 Å². The molecule has 1 aromatic rings. The average molecular weight is 325 g/mol. The molecule has 0 fully saturated rings. The number of hydrogen-bond acceptors (Lipinski definition) is 5. The molecule has 1 aromatic heterocycles. The van der Waals surface area contributed by atoms with Crippen LogP contribution in [0.5, 0.6) is 0 Å². The second-order valence-electron chi connectivity index (χ2n) is 3.71. The van der Waals surface area contributed by atoms with Crippen molar-refractivity contribution < 1.29 is 22.5 Å². The van der Waals surface area contributed by atoms with Crippen LogP contribution in [0.15, 0.2) is 10.3 Å². The molecule has 0 saturated heterocycles. The number of rotatable bonds is 7. The van der Waals surface area contributed by atoms with Crippen molar-refractivity contribution in [2.75, 3.05) is 18.1 Å². The smallest absolute Gasteiger partial charge is 0.347 e. The van der Waals surface area contributed by atoms with Crippen molar-refractivity contribution in [3.8, 4) is 0 Å². The fourth-order valence-corrected chi connectivity index (χ4v) is 4.83. The van der Waals surface area contributed by atoms with Crippen molar-refractivity contribution in [1.82, 2.24) is 4.72 Å². The van der Waals surface area contributed by atoms with Gasteiger partial charge in [0.2, 0.25) is 10.0 Å². The molecule has 6 nitrogen and oxygen atoms in total. The molecule has 0 aliphatic carbocycles. The van der Waals surface area contributed by atoms with Crippen LogP contribution >= 0.6 is 11.3 Å². The number of thiophene rings is 1. The summed E-state index contributed by atoms with van der Waals surface area (Å²) in [7, 11) is -4.95. The largest absolute Gasteiger partial charge is 0.477 e. The molecule has 1 atom stereocenters. The number of nitrogens with one attached hydrogen (secondary N) is 1. The molecule has 0 radical (unpaired) electrons. The van der Waals surface area contributed by atoms with Gasteiger partial charge in [0.25, 0.3) is 0 Å². The van der Waals surface area contributed by atoms with Crippen LogP contribution in [0.4, 0.5) is 0 Å². The Labute approximate surface area is 118 Å². The van der Waals surface area contributed by atoms with Gasteiger partial charge in [-0.1, -0.05) is 6.92 Å². The van der Waals surface area contributed by atoms with Crippen LogP contribution in [0.25, 0.3) is 0 Å².